The Hall–Kier alpha value is -1.02. The highest BCUT2D eigenvalue weighted by Gasteiger charge is 2.39. The molecule has 0 radical (unpaired) electrons. The number of rotatable bonds is 11. The Morgan fingerprint density at radius 2 is 1.85 bits per heavy atom. The molecule has 1 aromatic rings. The van der Waals surface area contributed by atoms with Gasteiger partial charge in [0.1, 0.15) is 5.75 Å². The van der Waals surface area contributed by atoms with Crippen LogP contribution in [0.5, 0.6) is 5.75 Å². The molecule has 0 aromatic heterocycles. The van der Waals surface area contributed by atoms with Gasteiger partial charge in [0, 0.05) is 13.0 Å². The molecule has 3 atom stereocenters. The molecule has 1 N–H and O–H groups in total. The summed E-state index contributed by atoms with van der Waals surface area (Å²) in [4.78, 5) is 0. The maximum atomic E-state index is 8.99. The van der Waals surface area contributed by atoms with Crippen molar-refractivity contribution in [3.05, 3.63) is 29.3 Å². The van der Waals surface area contributed by atoms with Gasteiger partial charge < -0.3 is 9.84 Å². The van der Waals surface area contributed by atoms with E-state index in [1.54, 1.807) is 0 Å². The van der Waals surface area contributed by atoms with Crippen molar-refractivity contribution in [2.75, 3.05) is 13.2 Å². The third-order valence-electron chi connectivity index (χ3n) is 6.76. The lowest BCUT2D eigenvalue weighted by Crippen LogP contribution is -2.25. The molecule has 2 aliphatic rings. The van der Waals surface area contributed by atoms with E-state index in [1.165, 1.54) is 81.8 Å². The highest BCUT2D eigenvalue weighted by Crippen LogP contribution is 2.48. The van der Waals surface area contributed by atoms with E-state index in [2.05, 4.69) is 25.1 Å². The number of ether oxygens (including phenoxy) is 1. The van der Waals surface area contributed by atoms with Crippen molar-refractivity contribution in [1.82, 2.24) is 0 Å². The van der Waals surface area contributed by atoms with Crippen LogP contribution in [0.2, 0.25) is 0 Å². The molecule has 0 aliphatic heterocycles. The first-order valence-electron chi connectivity index (χ1n) is 11.2. The summed E-state index contributed by atoms with van der Waals surface area (Å²) < 4.78 is 5.97. The number of unbranched alkanes of at least 4 members (excludes halogenated alkanes) is 5. The molecule has 0 amide bonds. The zero-order chi connectivity index (χ0) is 18.2. The first-order chi connectivity index (χ1) is 12.8. The first-order valence-corrected chi connectivity index (χ1v) is 11.2. The smallest absolute Gasteiger partial charge is 0.122 e. The van der Waals surface area contributed by atoms with Crippen LogP contribution in [0, 0.1) is 17.8 Å². The molecule has 0 saturated heterocycles. The third-order valence-corrected chi connectivity index (χ3v) is 6.76. The second-order valence-electron chi connectivity index (χ2n) is 8.55. The molecule has 26 heavy (non-hydrogen) atoms. The number of benzene rings is 1. The number of fused-ring (bicyclic) bond motifs is 2. The molecule has 3 unspecified atom stereocenters. The van der Waals surface area contributed by atoms with Gasteiger partial charge in [0.15, 0.2) is 0 Å². The van der Waals surface area contributed by atoms with Crippen LogP contribution in [0.4, 0.5) is 0 Å². The summed E-state index contributed by atoms with van der Waals surface area (Å²) in [6.07, 6.45) is 16.0. The predicted octanol–water partition coefficient (Wildman–Crippen LogP) is 5.94. The molecule has 0 heterocycles. The van der Waals surface area contributed by atoms with Crippen LogP contribution in [0.3, 0.4) is 0 Å². The predicted molar refractivity (Wildman–Crippen MR) is 109 cm³/mol. The highest BCUT2D eigenvalue weighted by molar-refractivity contribution is 5.42. The SMILES string of the molecule is CCCCCCCCC1CCC2Cc3c(cccc3OCCCO)CC12. The molecule has 146 valence electrons. The molecule has 1 aromatic carbocycles. The molecule has 0 spiro atoms. The van der Waals surface area contributed by atoms with Crippen LogP contribution < -0.4 is 4.74 Å². The monoisotopic (exact) mass is 358 g/mol. The van der Waals surface area contributed by atoms with E-state index in [0.29, 0.717) is 6.61 Å². The average molecular weight is 359 g/mol. The van der Waals surface area contributed by atoms with Crippen molar-refractivity contribution in [2.45, 2.75) is 84.0 Å². The fourth-order valence-electron chi connectivity index (χ4n) is 5.31. The number of aliphatic hydroxyl groups excluding tert-OH is 1. The second-order valence-corrected chi connectivity index (χ2v) is 8.55. The van der Waals surface area contributed by atoms with Gasteiger partial charge in [-0.25, -0.2) is 0 Å². The third kappa shape index (κ3) is 5.03. The Kier molecular flexibility index (Phi) is 7.85. The second kappa shape index (κ2) is 10.3. The van der Waals surface area contributed by atoms with Crippen molar-refractivity contribution in [1.29, 1.82) is 0 Å². The van der Waals surface area contributed by atoms with E-state index in [0.717, 1.165) is 29.9 Å². The largest absolute Gasteiger partial charge is 0.493 e. The van der Waals surface area contributed by atoms with Gasteiger partial charge in [-0.05, 0) is 60.6 Å². The summed E-state index contributed by atoms with van der Waals surface area (Å²) in [6.45, 7) is 3.13. The molecule has 0 bridgehead atoms. The summed E-state index contributed by atoms with van der Waals surface area (Å²) in [6, 6.07) is 6.61. The number of hydrogen-bond acceptors (Lipinski definition) is 2. The average Bonchev–Trinajstić information content (AvgIpc) is 3.05. The Morgan fingerprint density at radius 3 is 2.69 bits per heavy atom. The van der Waals surface area contributed by atoms with Crippen molar-refractivity contribution >= 4 is 0 Å². The maximum absolute atomic E-state index is 8.99. The molecule has 1 fully saturated rings. The highest BCUT2D eigenvalue weighted by atomic mass is 16.5. The van der Waals surface area contributed by atoms with Gasteiger partial charge in [-0.15, -0.1) is 0 Å². The van der Waals surface area contributed by atoms with Crippen LogP contribution >= 0.6 is 0 Å². The van der Waals surface area contributed by atoms with Crippen molar-refractivity contribution in [3.8, 4) is 5.75 Å². The van der Waals surface area contributed by atoms with Gasteiger partial charge in [-0.2, -0.15) is 0 Å². The van der Waals surface area contributed by atoms with Crippen molar-refractivity contribution in [3.63, 3.8) is 0 Å². The topological polar surface area (TPSA) is 29.5 Å². The summed E-state index contributed by atoms with van der Waals surface area (Å²) in [5.41, 5.74) is 2.99. The van der Waals surface area contributed by atoms with Crippen molar-refractivity contribution < 1.29 is 9.84 Å². The van der Waals surface area contributed by atoms with Crippen molar-refractivity contribution in [2.24, 2.45) is 17.8 Å². The van der Waals surface area contributed by atoms with Gasteiger partial charge in [0.25, 0.3) is 0 Å². The summed E-state index contributed by atoms with van der Waals surface area (Å²) in [5, 5.41) is 8.99. The molecular weight excluding hydrogens is 320 g/mol. The fraction of sp³-hybridized carbons (Fsp3) is 0.750. The van der Waals surface area contributed by atoms with Gasteiger partial charge in [-0.1, -0.05) is 64.0 Å². The van der Waals surface area contributed by atoms with E-state index in [1.807, 2.05) is 0 Å². The van der Waals surface area contributed by atoms with Gasteiger partial charge in [-0.3, -0.25) is 0 Å². The van der Waals surface area contributed by atoms with Crippen LogP contribution in [-0.2, 0) is 12.8 Å². The van der Waals surface area contributed by atoms with Gasteiger partial charge in [0.2, 0.25) is 0 Å². The normalized spacial score (nSPS) is 24.3. The van der Waals surface area contributed by atoms with Crippen LogP contribution in [0.15, 0.2) is 18.2 Å². The fourth-order valence-corrected chi connectivity index (χ4v) is 5.31. The summed E-state index contributed by atoms with van der Waals surface area (Å²) >= 11 is 0. The van der Waals surface area contributed by atoms with E-state index in [-0.39, 0.29) is 6.61 Å². The first kappa shape index (κ1) is 19.7. The van der Waals surface area contributed by atoms with Crippen LogP contribution in [0.25, 0.3) is 0 Å². The lowest BCUT2D eigenvalue weighted by atomic mass is 9.73. The molecule has 3 rings (SSSR count). The Bertz CT molecular complexity index is 539. The lowest BCUT2D eigenvalue weighted by molar-refractivity contribution is 0.228. The van der Waals surface area contributed by atoms with Crippen LogP contribution in [0.1, 0.15) is 82.3 Å². The molecule has 2 heteroatoms. The quantitative estimate of drug-likeness (QED) is 0.496. The number of aliphatic hydroxyl groups is 1. The van der Waals surface area contributed by atoms with Crippen LogP contribution in [-0.4, -0.2) is 18.3 Å². The maximum Gasteiger partial charge on any atom is 0.122 e. The minimum atomic E-state index is 0.208. The minimum Gasteiger partial charge on any atom is -0.493 e. The Morgan fingerprint density at radius 1 is 1.00 bits per heavy atom. The zero-order valence-corrected chi connectivity index (χ0v) is 16.7. The van der Waals surface area contributed by atoms with Gasteiger partial charge in [0.05, 0.1) is 6.61 Å². The lowest BCUT2D eigenvalue weighted by Gasteiger charge is -2.32. The standard InChI is InChI=1S/C24H38O2/c1-2-3-4-5-6-7-10-19-13-14-21-18-23-20(17-22(19)21)11-8-12-24(23)26-16-9-15-25/h8,11-12,19,21-22,25H,2-7,9-10,13-18H2,1H3. The summed E-state index contributed by atoms with van der Waals surface area (Å²) in [5.74, 6) is 3.81. The molecule has 2 aliphatic carbocycles. The summed E-state index contributed by atoms with van der Waals surface area (Å²) in [7, 11) is 0. The van der Waals surface area contributed by atoms with E-state index >= 15 is 0 Å². The van der Waals surface area contributed by atoms with E-state index in [4.69, 9.17) is 9.84 Å². The Balaban J connectivity index is 1.52. The zero-order valence-electron chi connectivity index (χ0n) is 16.7. The Labute approximate surface area is 160 Å². The van der Waals surface area contributed by atoms with Gasteiger partial charge >= 0.3 is 0 Å². The molecule has 1 saturated carbocycles. The minimum absolute atomic E-state index is 0.208. The van der Waals surface area contributed by atoms with E-state index in [9.17, 15) is 0 Å². The molecule has 2 nitrogen and oxygen atoms in total. The molecular formula is C24H38O2. The van der Waals surface area contributed by atoms with E-state index < -0.39 is 0 Å². The number of hydrogen-bond donors (Lipinski definition) is 1.